The van der Waals surface area contributed by atoms with E-state index in [1.165, 1.54) is 0 Å². The van der Waals surface area contributed by atoms with Gasteiger partial charge in [0.25, 0.3) is 0 Å². The van der Waals surface area contributed by atoms with Gasteiger partial charge in [-0.3, -0.25) is 0 Å². The molecule has 0 bridgehead atoms. The second-order valence-corrected chi connectivity index (χ2v) is 13.9. The maximum absolute atomic E-state index is 13.8. The van der Waals surface area contributed by atoms with E-state index in [1.807, 2.05) is 91.0 Å². The first kappa shape index (κ1) is 33.0. The quantitative estimate of drug-likeness (QED) is 0.108. The molecule has 0 heterocycles. The van der Waals surface area contributed by atoms with Gasteiger partial charge in [-0.2, -0.15) is 4.57 Å². The maximum Gasteiger partial charge on any atom is 0.647 e. The summed E-state index contributed by atoms with van der Waals surface area (Å²) in [4.78, 5) is 0. The molecule has 1 atom stereocenters. The summed E-state index contributed by atoms with van der Waals surface area (Å²) < 4.78 is 49.7. The Morgan fingerprint density at radius 3 is 1.40 bits per heavy atom. The van der Waals surface area contributed by atoms with Crippen molar-refractivity contribution in [3.8, 4) is 28.7 Å². The topological polar surface area (TPSA) is 72.5 Å². The second-order valence-electron chi connectivity index (χ2n) is 11.4. The predicted octanol–water partition coefficient (Wildman–Crippen LogP) is 11.6. The highest BCUT2D eigenvalue weighted by molar-refractivity contribution is 7.49. The normalized spacial score (nSPS) is 13.5. The van der Waals surface area contributed by atoms with Gasteiger partial charge >= 0.3 is 16.4 Å². The first-order chi connectivity index (χ1) is 23.3. The van der Waals surface area contributed by atoms with Crippen LogP contribution in [-0.2, 0) is 14.5 Å². The summed E-state index contributed by atoms with van der Waals surface area (Å²) in [5.74, 6) is 3.13. The number of rotatable bonds is 14. The van der Waals surface area contributed by atoms with E-state index in [4.69, 9.17) is 27.1 Å². The summed E-state index contributed by atoms with van der Waals surface area (Å²) >= 11 is 0. The summed E-state index contributed by atoms with van der Waals surface area (Å²) in [6.07, 6.45) is 7.98. The highest BCUT2D eigenvalue weighted by Gasteiger charge is 2.33. The molecule has 0 spiro atoms. The summed E-state index contributed by atoms with van der Waals surface area (Å²) in [5, 5.41) is 0. The highest BCUT2D eigenvalue weighted by atomic mass is 31.2. The molecule has 5 aromatic rings. The van der Waals surface area contributed by atoms with Crippen LogP contribution in [0.5, 0.6) is 28.7 Å². The molecule has 0 fully saturated rings. The van der Waals surface area contributed by atoms with Gasteiger partial charge in [-0.15, -0.1) is 0 Å². The molecule has 9 heteroatoms. The minimum atomic E-state index is -4.09. The Morgan fingerprint density at radius 1 is 0.521 bits per heavy atom. The van der Waals surface area contributed by atoms with Gasteiger partial charge in [-0.05, 0) is 96.8 Å². The first-order valence-electron chi connectivity index (χ1n) is 15.6. The summed E-state index contributed by atoms with van der Waals surface area (Å²) in [7, 11) is -5.83. The molecule has 7 nitrogen and oxygen atoms in total. The Balaban J connectivity index is 1.15. The number of benzene rings is 5. The largest absolute Gasteiger partial charge is 0.647 e. The van der Waals surface area contributed by atoms with Crippen LogP contribution in [0.25, 0.3) is 0 Å². The van der Waals surface area contributed by atoms with E-state index in [9.17, 15) is 4.57 Å². The fourth-order valence-electron chi connectivity index (χ4n) is 4.89. The van der Waals surface area contributed by atoms with Crippen molar-refractivity contribution < 1.29 is 31.7 Å². The average molecular weight is 679 g/mol. The van der Waals surface area contributed by atoms with Crippen molar-refractivity contribution in [3.05, 3.63) is 175 Å². The molecule has 1 unspecified atom stereocenters. The first-order valence-corrected chi connectivity index (χ1v) is 18.2. The fraction of sp³-hybridized carbons (Fsp3) is 0.128. The standard InChI is InChI=1S/C39H36O7P2/c1-39(2,31-23-27-35(28-24-31)43-47(41-33-15-7-3-8-16-33)42-34-17-9-4-10-18-34)32-25-29-38(30-26-32)46-48(40,44-36-19-11-5-12-20-36)45-37-21-13-6-14-22-37/h3,5-9,11-30H,4,10H2,1-2H3. The summed E-state index contributed by atoms with van der Waals surface area (Å²) in [5.41, 5.74) is 1.72. The van der Waals surface area contributed by atoms with E-state index in [-0.39, 0.29) is 5.41 Å². The zero-order chi connectivity index (χ0) is 33.2. The van der Waals surface area contributed by atoms with Crippen LogP contribution in [0.1, 0.15) is 37.8 Å². The van der Waals surface area contributed by atoms with Crippen LogP contribution in [0.2, 0.25) is 0 Å². The predicted molar refractivity (Wildman–Crippen MR) is 190 cm³/mol. The van der Waals surface area contributed by atoms with E-state index in [0.717, 1.165) is 29.7 Å². The summed E-state index contributed by atoms with van der Waals surface area (Å²) in [6.45, 7) is 4.27. The third-order valence-corrected chi connectivity index (χ3v) is 9.92. The lowest BCUT2D eigenvalue weighted by atomic mass is 9.78. The van der Waals surface area contributed by atoms with Crippen molar-refractivity contribution >= 4 is 16.4 Å². The Hall–Kier alpha value is -4.96. The number of phosphoric ester groups is 1. The molecule has 0 N–H and O–H groups in total. The van der Waals surface area contributed by atoms with Gasteiger partial charge in [0, 0.05) is 5.41 Å². The Morgan fingerprint density at radius 2 is 0.938 bits per heavy atom. The molecule has 0 saturated carbocycles. The zero-order valence-electron chi connectivity index (χ0n) is 26.7. The molecule has 6 rings (SSSR count). The van der Waals surface area contributed by atoms with Crippen molar-refractivity contribution in [2.45, 2.75) is 32.1 Å². The van der Waals surface area contributed by atoms with E-state index >= 15 is 0 Å². The number of allylic oxidation sites excluding steroid dienone is 3. The molecule has 0 aliphatic heterocycles. The Labute approximate surface area is 283 Å². The molecular formula is C39H36O7P2. The van der Waals surface area contributed by atoms with Crippen LogP contribution in [0, 0.1) is 0 Å². The van der Waals surface area contributed by atoms with Gasteiger partial charge in [-0.1, -0.05) is 98.8 Å². The minimum absolute atomic E-state index is 0.350. The smallest absolute Gasteiger partial charge is 0.409 e. The van der Waals surface area contributed by atoms with E-state index in [2.05, 4.69) is 19.9 Å². The third kappa shape index (κ3) is 8.89. The fourth-order valence-corrected chi connectivity index (χ4v) is 7.15. The lowest BCUT2D eigenvalue weighted by Gasteiger charge is -2.27. The van der Waals surface area contributed by atoms with Crippen LogP contribution in [0.4, 0.5) is 0 Å². The summed E-state index contributed by atoms with van der Waals surface area (Å²) in [6, 6.07) is 42.5. The van der Waals surface area contributed by atoms with Crippen LogP contribution in [0.15, 0.2) is 164 Å². The molecule has 0 saturated heterocycles. The molecule has 48 heavy (non-hydrogen) atoms. The van der Waals surface area contributed by atoms with Gasteiger partial charge < -0.3 is 27.1 Å². The Kier molecular flexibility index (Phi) is 10.5. The monoisotopic (exact) mass is 678 g/mol. The van der Waals surface area contributed by atoms with Crippen LogP contribution < -0.4 is 22.6 Å². The highest BCUT2D eigenvalue weighted by Crippen LogP contribution is 2.50. The van der Waals surface area contributed by atoms with Crippen LogP contribution in [0.3, 0.4) is 0 Å². The van der Waals surface area contributed by atoms with Gasteiger partial charge in [-0.25, -0.2) is 0 Å². The van der Waals surface area contributed by atoms with Crippen molar-refractivity contribution in [2.75, 3.05) is 0 Å². The molecule has 0 aromatic heterocycles. The molecule has 1 aliphatic carbocycles. The van der Waals surface area contributed by atoms with Gasteiger partial charge in [0.2, 0.25) is 0 Å². The lowest BCUT2D eigenvalue weighted by Crippen LogP contribution is -2.18. The van der Waals surface area contributed by atoms with Crippen molar-refractivity contribution in [1.29, 1.82) is 0 Å². The Bertz CT molecular complexity index is 1810. The second kappa shape index (κ2) is 15.3. The maximum atomic E-state index is 13.8. The van der Waals surface area contributed by atoms with Crippen molar-refractivity contribution in [3.63, 3.8) is 0 Å². The lowest BCUT2D eigenvalue weighted by molar-refractivity contribution is 0.298. The van der Waals surface area contributed by atoms with E-state index in [0.29, 0.717) is 28.7 Å². The molecular weight excluding hydrogens is 642 g/mol. The van der Waals surface area contributed by atoms with Crippen molar-refractivity contribution in [1.82, 2.24) is 0 Å². The number of hydrogen-bond donors (Lipinski definition) is 0. The van der Waals surface area contributed by atoms with E-state index in [1.54, 1.807) is 60.7 Å². The van der Waals surface area contributed by atoms with E-state index < -0.39 is 16.4 Å². The molecule has 5 aromatic carbocycles. The van der Waals surface area contributed by atoms with Gasteiger partial charge in [0.1, 0.15) is 34.5 Å². The molecule has 0 radical (unpaired) electrons. The zero-order valence-corrected chi connectivity index (χ0v) is 28.5. The van der Waals surface area contributed by atoms with Crippen molar-refractivity contribution in [2.24, 2.45) is 0 Å². The van der Waals surface area contributed by atoms with Gasteiger partial charge in [0.15, 0.2) is 0 Å². The number of hydrogen-bond acceptors (Lipinski definition) is 7. The SMILES string of the molecule is CC(C)(c1ccc(OP(OC2=CCCC=C2)Oc2ccccc2)cc1)c1ccc(OP(=O)(Oc2ccccc2)Oc2ccccc2)cc1. The molecule has 244 valence electrons. The third-order valence-electron chi connectivity index (χ3n) is 7.53. The number of para-hydroxylation sites is 3. The van der Waals surface area contributed by atoms with Crippen LogP contribution >= 0.6 is 16.4 Å². The minimum Gasteiger partial charge on any atom is -0.409 e. The van der Waals surface area contributed by atoms with Gasteiger partial charge in [0.05, 0.1) is 0 Å². The van der Waals surface area contributed by atoms with Crippen LogP contribution in [-0.4, -0.2) is 0 Å². The molecule has 1 aliphatic rings. The molecule has 0 amide bonds. The number of phosphoric acid groups is 1. The average Bonchev–Trinajstić information content (AvgIpc) is 3.10.